The van der Waals surface area contributed by atoms with E-state index in [4.69, 9.17) is 10.5 Å². The molecule has 0 aromatic heterocycles. The lowest BCUT2D eigenvalue weighted by molar-refractivity contribution is -0.121. The van der Waals surface area contributed by atoms with Crippen molar-refractivity contribution in [2.24, 2.45) is 11.7 Å². The van der Waals surface area contributed by atoms with Gasteiger partial charge in [0.2, 0.25) is 5.91 Å². The summed E-state index contributed by atoms with van der Waals surface area (Å²) < 4.78 is 5.00. The largest absolute Gasteiger partial charge is 0.462 e. The van der Waals surface area contributed by atoms with Crippen molar-refractivity contribution >= 4 is 17.6 Å². The van der Waals surface area contributed by atoms with Crippen LogP contribution < -0.4 is 11.1 Å². The molecule has 21 heavy (non-hydrogen) atoms. The van der Waals surface area contributed by atoms with E-state index in [-0.39, 0.29) is 17.9 Å². The van der Waals surface area contributed by atoms with Gasteiger partial charge in [0.05, 0.1) is 23.8 Å². The highest BCUT2D eigenvalue weighted by Crippen LogP contribution is 2.25. The summed E-state index contributed by atoms with van der Waals surface area (Å²) >= 11 is 0. The first-order valence-corrected chi connectivity index (χ1v) is 7.46. The number of benzene rings is 1. The fraction of sp³-hybridized carbons (Fsp3) is 0.500. The third-order valence-corrected chi connectivity index (χ3v) is 3.84. The number of ether oxygens (including phenoxy) is 1. The second-order valence-electron chi connectivity index (χ2n) is 5.31. The Balaban J connectivity index is 2.12. The van der Waals surface area contributed by atoms with E-state index in [9.17, 15) is 9.59 Å². The normalized spacial score (nSPS) is 21.6. The van der Waals surface area contributed by atoms with Crippen LogP contribution in [-0.4, -0.2) is 24.5 Å². The number of esters is 1. The monoisotopic (exact) mass is 290 g/mol. The fourth-order valence-corrected chi connectivity index (χ4v) is 2.69. The molecule has 5 heteroatoms. The molecule has 0 saturated heterocycles. The van der Waals surface area contributed by atoms with Gasteiger partial charge in [-0.1, -0.05) is 25.0 Å². The molecule has 2 unspecified atom stereocenters. The summed E-state index contributed by atoms with van der Waals surface area (Å²) in [6, 6.07) is 6.77. The number of anilines is 1. The van der Waals surface area contributed by atoms with Crippen molar-refractivity contribution < 1.29 is 14.3 Å². The summed E-state index contributed by atoms with van der Waals surface area (Å²) in [6.07, 6.45) is 3.77. The predicted molar refractivity (Wildman–Crippen MR) is 81.0 cm³/mol. The second kappa shape index (κ2) is 7.22. The highest BCUT2D eigenvalue weighted by molar-refractivity contribution is 6.02. The van der Waals surface area contributed by atoms with Crippen LogP contribution in [0.2, 0.25) is 0 Å². The van der Waals surface area contributed by atoms with Crippen LogP contribution in [-0.2, 0) is 9.53 Å². The van der Waals surface area contributed by atoms with Gasteiger partial charge in [-0.15, -0.1) is 0 Å². The zero-order valence-corrected chi connectivity index (χ0v) is 12.3. The Morgan fingerprint density at radius 2 is 2.00 bits per heavy atom. The highest BCUT2D eigenvalue weighted by Gasteiger charge is 2.28. The van der Waals surface area contributed by atoms with Crippen LogP contribution in [0.1, 0.15) is 43.0 Å². The molecule has 2 atom stereocenters. The van der Waals surface area contributed by atoms with E-state index in [2.05, 4.69) is 5.32 Å². The molecule has 114 valence electrons. The van der Waals surface area contributed by atoms with Crippen molar-refractivity contribution in [3.8, 4) is 0 Å². The molecule has 1 aliphatic carbocycles. The zero-order chi connectivity index (χ0) is 15.2. The maximum atomic E-state index is 12.4. The molecule has 1 fully saturated rings. The Labute approximate surface area is 124 Å². The van der Waals surface area contributed by atoms with Crippen molar-refractivity contribution in [2.45, 2.75) is 38.6 Å². The third kappa shape index (κ3) is 3.82. The van der Waals surface area contributed by atoms with Gasteiger partial charge in [0, 0.05) is 6.04 Å². The zero-order valence-electron chi connectivity index (χ0n) is 12.3. The standard InChI is InChI=1S/C16H22N2O3/c1-2-21-16(20)12-8-4-6-10-14(12)18-15(19)11-7-3-5-9-13(11)17/h4,6,8,10-11,13H,2-3,5,7,9,17H2,1H3,(H,18,19). The molecule has 1 saturated carbocycles. The van der Waals surface area contributed by atoms with E-state index in [0.29, 0.717) is 17.9 Å². The molecular weight excluding hydrogens is 268 g/mol. The van der Waals surface area contributed by atoms with Gasteiger partial charge >= 0.3 is 5.97 Å². The van der Waals surface area contributed by atoms with Crippen LogP contribution in [0.15, 0.2) is 24.3 Å². The first-order chi connectivity index (χ1) is 10.1. The molecule has 3 N–H and O–H groups in total. The van der Waals surface area contributed by atoms with Gasteiger partial charge in [-0.2, -0.15) is 0 Å². The number of para-hydroxylation sites is 1. The number of carbonyl (C=O) groups excluding carboxylic acids is 2. The highest BCUT2D eigenvalue weighted by atomic mass is 16.5. The number of nitrogens with two attached hydrogens (primary N) is 1. The summed E-state index contributed by atoms with van der Waals surface area (Å²) in [5, 5.41) is 2.83. The third-order valence-electron chi connectivity index (χ3n) is 3.84. The molecule has 0 spiro atoms. The van der Waals surface area contributed by atoms with Crippen molar-refractivity contribution in [3.63, 3.8) is 0 Å². The lowest BCUT2D eigenvalue weighted by Gasteiger charge is -2.27. The Morgan fingerprint density at radius 1 is 1.29 bits per heavy atom. The molecule has 1 amide bonds. The fourth-order valence-electron chi connectivity index (χ4n) is 2.69. The molecule has 1 aliphatic rings. The van der Waals surface area contributed by atoms with Crippen LogP contribution in [0.25, 0.3) is 0 Å². The van der Waals surface area contributed by atoms with E-state index in [1.165, 1.54) is 0 Å². The SMILES string of the molecule is CCOC(=O)c1ccccc1NC(=O)C1CCCCC1N. The maximum absolute atomic E-state index is 12.4. The van der Waals surface area contributed by atoms with E-state index >= 15 is 0 Å². The summed E-state index contributed by atoms with van der Waals surface area (Å²) in [7, 11) is 0. The lowest BCUT2D eigenvalue weighted by Crippen LogP contribution is -2.40. The lowest BCUT2D eigenvalue weighted by atomic mass is 9.84. The Kier molecular flexibility index (Phi) is 5.33. The molecule has 0 bridgehead atoms. The number of rotatable bonds is 4. The minimum atomic E-state index is -0.429. The molecule has 5 nitrogen and oxygen atoms in total. The molecule has 1 aromatic rings. The summed E-state index contributed by atoms with van der Waals surface area (Å²) in [5.41, 5.74) is 6.88. The average Bonchev–Trinajstić information content (AvgIpc) is 2.48. The smallest absolute Gasteiger partial charge is 0.340 e. The summed E-state index contributed by atoms with van der Waals surface area (Å²) in [4.78, 5) is 24.3. The van der Waals surface area contributed by atoms with Gasteiger partial charge in [0.25, 0.3) is 0 Å². The van der Waals surface area contributed by atoms with Crippen molar-refractivity contribution in [1.29, 1.82) is 0 Å². The molecular formula is C16H22N2O3. The van der Waals surface area contributed by atoms with Crippen LogP contribution in [0.5, 0.6) is 0 Å². The number of carbonyl (C=O) groups is 2. The van der Waals surface area contributed by atoms with Gasteiger partial charge in [0.15, 0.2) is 0 Å². The van der Waals surface area contributed by atoms with Gasteiger partial charge < -0.3 is 15.8 Å². The van der Waals surface area contributed by atoms with Gasteiger partial charge in [-0.25, -0.2) is 4.79 Å². The van der Waals surface area contributed by atoms with Crippen molar-refractivity contribution in [3.05, 3.63) is 29.8 Å². The first-order valence-electron chi connectivity index (χ1n) is 7.46. The molecule has 2 rings (SSSR count). The molecule has 1 aromatic carbocycles. The predicted octanol–water partition coefficient (Wildman–Crippen LogP) is 2.32. The Morgan fingerprint density at radius 3 is 2.71 bits per heavy atom. The van der Waals surface area contributed by atoms with Crippen molar-refractivity contribution in [1.82, 2.24) is 0 Å². The van der Waals surface area contributed by atoms with Crippen molar-refractivity contribution in [2.75, 3.05) is 11.9 Å². The average molecular weight is 290 g/mol. The number of hydrogen-bond acceptors (Lipinski definition) is 4. The number of hydrogen-bond donors (Lipinski definition) is 2. The van der Waals surface area contributed by atoms with Gasteiger partial charge in [0.1, 0.15) is 0 Å². The number of nitrogens with one attached hydrogen (secondary N) is 1. The molecule has 0 radical (unpaired) electrons. The Bertz CT molecular complexity index is 516. The minimum Gasteiger partial charge on any atom is -0.462 e. The van der Waals surface area contributed by atoms with Gasteiger partial charge in [-0.05, 0) is 31.9 Å². The first kappa shape index (κ1) is 15.5. The summed E-state index contributed by atoms with van der Waals surface area (Å²) in [6.45, 7) is 2.05. The van der Waals surface area contributed by atoms with Gasteiger partial charge in [-0.3, -0.25) is 4.79 Å². The van der Waals surface area contributed by atoms with E-state index in [1.807, 2.05) is 0 Å². The minimum absolute atomic E-state index is 0.103. The summed E-state index contributed by atoms with van der Waals surface area (Å²) in [5.74, 6) is -0.728. The van der Waals surface area contributed by atoms with Crippen LogP contribution >= 0.6 is 0 Å². The Hall–Kier alpha value is -1.88. The quantitative estimate of drug-likeness (QED) is 0.834. The molecule has 0 aliphatic heterocycles. The van der Waals surface area contributed by atoms with E-state index < -0.39 is 5.97 Å². The second-order valence-corrected chi connectivity index (χ2v) is 5.31. The van der Waals surface area contributed by atoms with E-state index in [1.54, 1.807) is 31.2 Å². The van der Waals surface area contributed by atoms with Crippen LogP contribution in [0.3, 0.4) is 0 Å². The van der Waals surface area contributed by atoms with Crippen LogP contribution in [0, 0.1) is 5.92 Å². The molecule has 0 heterocycles. The topological polar surface area (TPSA) is 81.4 Å². The maximum Gasteiger partial charge on any atom is 0.340 e. The number of amides is 1. The van der Waals surface area contributed by atoms with Crippen LogP contribution in [0.4, 0.5) is 5.69 Å². The van der Waals surface area contributed by atoms with E-state index in [0.717, 1.165) is 25.7 Å².